The van der Waals surface area contributed by atoms with E-state index in [1.54, 1.807) is 12.1 Å². The first kappa shape index (κ1) is 18.0. The zero-order chi connectivity index (χ0) is 17.0. The Bertz CT molecular complexity index is 606. The third-order valence-corrected chi connectivity index (χ3v) is 4.61. The molecule has 0 amide bonds. The minimum atomic E-state index is -1.39. The highest BCUT2D eigenvalue weighted by Crippen LogP contribution is 2.34. The molecule has 2 atom stereocenters. The molecule has 0 saturated carbocycles. The lowest BCUT2D eigenvalue weighted by atomic mass is 9.80. The molecule has 0 radical (unpaired) electrons. The van der Waals surface area contributed by atoms with Crippen molar-refractivity contribution in [3.05, 3.63) is 46.0 Å². The van der Waals surface area contributed by atoms with Crippen LogP contribution in [0.2, 0.25) is 11.3 Å². The van der Waals surface area contributed by atoms with Gasteiger partial charge in [-0.1, -0.05) is 29.8 Å². The molecule has 2 unspecified atom stereocenters. The van der Waals surface area contributed by atoms with E-state index in [1.165, 1.54) is 0 Å². The molecule has 1 aromatic carbocycles. The van der Waals surface area contributed by atoms with Gasteiger partial charge in [-0.3, -0.25) is 4.79 Å². The maximum absolute atomic E-state index is 11.4. The number of aliphatic carboxylic acids is 1. The van der Waals surface area contributed by atoms with Crippen LogP contribution < -0.4 is 5.73 Å². The molecular weight excluding hydrogens is 316 g/mol. The predicted octanol–water partition coefficient (Wildman–Crippen LogP) is 2.17. The van der Waals surface area contributed by atoms with Gasteiger partial charge in [-0.2, -0.15) is 0 Å². The summed E-state index contributed by atoms with van der Waals surface area (Å²) in [6.45, 7) is 0. The zero-order valence-electron chi connectivity index (χ0n) is 12.8. The number of allylic oxidation sites excluding steroid dienone is 1. The monoisotopic (exact) mass is 337 g/mol. The van der Waals surface area contributed by atoms with Crippen LogP contribution >= 0.6 is 11.6 Å². The summed E-state index contributed by atoms with van der Waals surface area (Å²) in [6.07, 6.45) is 4.82. The predicted molar refractivity (Wildman–Crippen MR) is 90.1 cm³/mol. The van der Waals surface area contributed by atoms with Crippen LogP contribution in [0, 0.1) is 5.92 Å². The smallest absolute Gasteiger partial charge is 0.451 e. The Morgan fingerprint density at radius 1 is 1.43 bits per heavy atom. The van der Waals surface area contributed by atoms with Crippen molar-refractivity contribution in [2.45, 2.75) is 38.0 Å². The highest BCUT2D eigenvalue weighted by Gasteiger charge is 2.29. The van der Waals surface area contributed by atoms with E-state index in [-0.39, 0.29) is 6.32 Å². The lowest BCUT2D eigenvalue weighted by Gasteiger charge is -2.26. The topological polar surface area (TPSA) is 104 Å². The number of hydrogen-bond donors (Lipinski definition) is 4. The van der Waals surface area contributed by atoms with Gasteiger partial charge >= 0.3 is 13.1 Å². The first-order valence-electron chi connectivity index (χ1n) is 7.73. The number of nitrogens with two attached hydrogens (primary N) is 1. The van der Waals surface area contributed by atoms with Gasteiger partial charge in [-0.25, -0.2) is 0 Å². The van der Waals surface area contributed by atoms with Gasteiger partial charge in [-0.15, -0.1) is 0 Å². The van der Waals surface area contributed by atoms with E-state index in [0.29, 0.717) is 17.9 Å². The summed E-state index contributed by atoms with van der Waals surface area (Å²) in [5.74, 6) is -1.39. The summed E-state index contributed by atoms with van der Waals surface area (Å²) in [6, 6.07) is 4.84. The van der Waals surface area contributed by atoms with E-state index in [9.17, 15) is 9.90 Å². The fraction of sp³-hybridized carbons (Fsp3) is 0.438. The molecule has 0 spiro atoms. The van der Waals surface area contributed by atoms with Gasteiger partial charge in [0, 0.05) is 5.02 Å². The molecule has 0 saturated heterocycles. The van der Waals surface area contributed by atoms with Crippen LogP contribution in [0.4, 0.5) is 0 Å². The van der Waals surface area contributed by atoms with Gasteiger partial charge in [0.05, 0.1) is 12.0 Å². The molecule has 124 valence electrons. The van der Waals surface area contributed by atoms with E-state index in [4.69, 9.17) is 27.4 Å². The van der Waals surface area contributed by atoms with Crippen LogP contribution in [0.15, 0.2) is 29.8 Å². The molecule has 5 N–H and O–H groups in total. The molecule has 0 bridgehead atoms. The number of rotatable bonds is 6. The molecule has 1 aliphatic rings. The van der Waals surface area contributed by atoms with Crippen molar-refractivity contribution in [3.63, 3.8) is 0 Å². The lowest BCUT2D eigenvalue weighted by molar-refractivity contribution is -0.140. The summed E-state index contributed by atoms with van der Waals surface area (Å²) in [4.78, 5) is 11.4. The van der Waals surface area contributed by atoms with Gasteiger partial charge in [0.1, 0.15) is 0 Å². The number of carboxylic acid groups (broad SMARTS) is 1. The van der Waals surface area contributed by atoms with Gasteiger partial charge in [0.25, 0.3) is 0 Å². The number of carboxylic acids is 1. The molecule has 2 rings (SSSR count). The highest BCUT2D eigenvalue weighted by molar-refractivity contribution is 6.41. The Labute approximate surface area is 140 Å². The molecular formula is C16H21BClNO4. The third kappa shape index (κ3) is 4.58. The van der Waals surface area contributed by atoms with Crippen LogP contribution in [0.25, 0.3) is 0 Å². The van der Waals surface area contributed by atoms with Crippen LogP contribution in [-0.4, -0.2) is 28.2 Å². The quantitative estimate of drug-likeness (QED) is 0.470. The van der Waals surface area contributed by atoms with E-state index in [1.807, 2.05) is 12.1 Å². The average molecular weight is 338 g/mol. The Morgan fingerprint density at radius 3 is 2.83 bits per heavy atom. The van der Waals surface area contributed by atoms with Gasteiger partial charge in [-0.05, 0) is 54.8 Å². The molecule has 5 nitrogen and oxygen atoms in total. The van der Waals surface area contributed by atoms with E-state index < -0.39 is 25.0 Å². The average Bonchev–Trinajstić information content (AvgIpc) is 2.53. The third-order valence-electron chi connectivity index (χ3n) is 4.24. The summed E-state index contributed by atoms with van der Waals surface area (Å²) >= 11 is 6.14. The van der Waals surface area contributed by atoms with Crippen molar-refractivity contribution in [2.75, 3.05) is 0 Å². The van der Waals surface area contributed by atoms with Gasteiger partial charge in [0.15, 0.2) is 0 Å². The molecule has 0 aliphatic heterocycles. The fourth-order valence-electron chi connectivity index (χ4n) is 2.97. The molecule has 23 heavy (non-hydrogen) atoms. The fourth-order valence-corrected chi connectivity index (χ4v) is 3.18. The van der Waals surface area contributed by atoms with Crippen LogP contribution in [0.3, 0.4) is 0 Å². The number of halogens is 1. The Hall–Kier alpha value is -1.34. The lowest BCUT2D eigenvalue weighted by Crippen LogP contribution is -2.27. The Kier molecular flexibility index (Phi) is 6.24. The molecule has 0 aromatic heterocycles. The van der Waals surface area contributed by atoms with Crippen molar-refractivity contribution in [1.29, 1.82) is 0 Å². The molecule has 0 fully saturated rings. The summed E-state index contributed by atoms with van der Waals surface area (Å²) in [7, 11) is -1.39. The Morgan fingerprint density at radius 2 is 2.17 bits per heavy atom. The maximum Gasteiger partial charge on any atom is 0.451 e. The minimum Gasteiger partial charge on any atom is -0.481 e. The molecule has 1 aliphatic carbocycles. The first-order chi connectivity index (χ1) is 10.9. The van der Waals surface area contributed by atoms with Crippen molar-refractivity contribution >= 4 is 24.7 Å². The second-order valence-electron chi connectivity index (χ2n) is 5.87. The number of hydrogen-bond acceptors (Lipinski definition) is 4. The first-order valence-corrected chi connectivity index (χ1v) is 8.10. The summed E-state index contributed by atoms with van der Waals surface area (Å²) in [5, 5.41) is 27.9. The van der Waals surface area contributed by atoms with Crippen LogP contribution in [0.5, 0.6) is 0 Å². The molecule has 1 aromatic rings. The second kappa shape index (κ2) is 7.97. The van der Waals surface area contributed by atoms with Crippen LogP contribution in [-0.2, 0) is 11.2 Å². The zero-order valence-corrected chi connectivity index (χ0v) is 13.5. The highest BCUT2D eigenvalue weighted by atomic mass is 35.5. The van der Waals surface area contributed by atoms with Crippen LogP contribution in [0.1, 0.15) is 36.4 Å². The summed E-state index contributed by atoms with van der Waals surface area (Å²) in [5.41, 5.74) is 8.60. The summed E-state index contributed by atoms with van der Waals surface area (Å²) < 4.78 is 0. The Balaban J connectivity index is 2.24. The SMILES string of the molecule is NC(C1=CCCCC1C(=O)O)c1ccc(Cl)c(CCB(O)O)c1. The molecule has 0 heterocycles. The molecule has 7 heteroatoms. The number of aryl methyl sites for hydroxylation is 1. The van der Waals surface area contributed by atoms with Crippen molar-refractivity contribution < 1.29 is 19.9 Å². The maximum atomic E-state index is 11.4. The van der Waals surface area contributed by atoms with E-state index in [2.05, 4.69) is 0 Å². The standard InChI is InChI=1S/C16H21BClNO4/c18-14-6-5-11(9-10(14)7-8-17(22)23)15(19)12-3-1-2-4-13(12)16(20)21/h3,5-6,9,13,15,22-23H,1-2,4,7-8,19H2,(H,20,21). The van der Waals surface area contributed by atoms with Crippen molar-refractivity contribution in [2.24, 2.45) is 11.7 Å². The van der Waals surface area contributed by atoms with Crippen molar-refractivity contribution in [1.82, 2.24) is 0 Å². The van der Waals surface area contributed by atoms with Gasteiger partial charge < -0.3 is 20.9 Å². The number of benzene rings is 1. The number of carbonyl (C=O) groups is 1. The largest absolute Gasteiger partial charge is 0.481 e. The van der Waals surface area contributed by atoms with Gasteiger partial charge in [0.2, 0.25) is 0 Å². The van der Waals surface area contributed by atoms with E-state index >= 15 is 0 Å². The van der Waals surface area contributed by atoms with Crippen molar-refractivity contribution in [3.8, 4) is 0 Å². The minimum absolute atomic E-state index is 0.179. The second-order valence-corrected chi connectivity index (χ2v) is 6.28. The normalized spacial score (nSPS) is 19.1. The van der Waals surface area contributed by atoms with E-state index in [0.717, 1.165) is 29.5 Å².